The Hall–Kier alpha value is -1.95. The van der Waals surface area contributed by atoms with Crippen LogP contribution < -0.4 is 10.9 Å². The molecule has 2 amide bonds. The van der Waals surface area contributed by atoms with Gasteiger partial charge in [0.1, 0.15) is 0 Å². The number of carbonyl (C=O) groups excluding carboxylic acids is 1. The van der Waals surface area contributed by atoms with Crippen molar-refractivity contribution >= 4 is 34.4 Å². The van der Waals surface area contributed by atoms with Crippen molar-refractivity contribution in [1.29, 1.82) is 0 Å². The first-order valence-corrected chi connectivity index (χ1v) is 8.06. The number of thioether (sulfide) groups is 1. The van der Waals surface area contributed by atoms with Gasteiger partial charge in [-0.05, 0) is 30.7 Å². The zero-order valence-electron chi connectivity index (χ0n) is 11.8. The lowest BCUT2D eigenvalue weighted by atomic mass is 10.1. The second-order valence-electron chi connectivity index (χ2n) is 5.11. The topological polar surface area (TPSA) is 65.2 Å². The van der Waals surface area contributed by atoms with Crippen LogP contribution in [-0.2, 0) is 0 Å². The molecule has 2 N–H and O–H groups in total. The maximum absolute atomic E-state index is 12.2. The van der Waals surface area contributed by atoms with E-state index in [-0.39, 0.29) is 11.6 Å². The second-order valence-corrected chi connectivity index (χ2v) is 6.33. The minimum Gasteiger partial charge on any atom is -0.323 e. The van der Waals surface area contributed by atoms with E-state index in [9.17, 15) is 9.59 Å². The van der Waals surface area contributed by atoms with E-state index in [0.29, 0.717) is 0 Å². The predicted molar refractivity (Wildman–Crippen MR) is 87.2 cm³/mol. The van der Waals surface area contributed by atoms with Gasteiger partial charge in [0.05, 0.1) is 0 Å². The van der Waals surface area contributed by atoms with Crippen LogP contribution in [0.25, 0.3) is 10.9 Å². The maximum Gasteiger partial charge on any atom is 0.321 e. The number of anilines is 1. The Kier molecular flexibility index (Phi) is 3.88. The number of hydrogen-bond donors (Lipinski definition) is 2. The molecule has 2 aromatic rings. The number of nitrogens with zero attached hydrogens (tertiary/aromatic N) is 1. The van der Waals surface area contributed by atoms with Crippen LogP contribution in [0.4, 0.5) is 10.5 Å². The lowest BCUT2D eigenvalue weighted by molar-refractivity contribution is 0.217. The van der Waals surface area contributed by atoms with Crippen molar-refractivity contribution in [1.82, 2.24) is 9.88 Å². The van der Waals surface area contributed by atoms with Gasteiger partial charge < -0.3 is 15.2 Å². The average Bonchev–Trinajstić information content (AvgIpc) is 2.48. The van der Waals surface area contributed by atoms with Crippen molar-refractivity contribution in [3.63, 3.8) is 0 Å². The Bertz CT molecular complexity index is 735. The zero-order chi connectivity index (χ0) is 14.8. The molecule has 21 heavy (non-hydrogen) atoms. The number of hydrogen-bond acceptors (Lipinski definition) is 3. The number of H-pyrrole nitrogens is 1. The van der Waals surface area contributed by atoms with Gasteiger partial charge in [-0.1, -0.05) is 0 Å². The summed E-state index contributed by atoms with van der Waals surface area (Å²) >= 11 is 1.87. The molecule has 0 aliphatic carbocycles. The summed E-state index contributed by atoms with van der Waals surface area (Å²) in [4.78, 5) is 28.3. The Labute approximate surface area is 126 Å². The number of nitrogens with one attached hydrogen (secondary N) is 2. The number of rotatable bonds is 1. The van der Waals surface area contributed by atoms with Crippen LogP contribution in [0.5, 0.6) is 0 Å². The number of benzene rings is 1. The molecule has 1 aliphatic heterocycles. The molecule has 6 heteroatoms. The first-order valence-electron chi connectivity index (χ1n) is 6.91. The molecule has 0 bridgehead atoms. The number of urea groups is 1. The van der Waals surface area contributed by atoms with E-state index in [4.69, 9.17) is 0 Å². The number of pyridine rings is 1. The Morgan fingerprint density at radius 2 is 2.05 bits per heavy atom. The smallest absolute Gasteiger partial charge is 0.321 e. The van der Waals surface area contributed by atoms with Gasteiger partial charge in [-0.2, -0.15) is 11.8 Å². The largest absolute Gasteiger partial charge is 0.323 e. The zero-order valence-corrected chi connectivity index (χ0v) is 12.6. The molecule has 1 fully saturated rings. The molecule has 110 valence electrons. The molecule has 1 saturated heterocycles. The third-order valence-corrected chi connectivity index (χ3v) is 4.54. The normalized spacial score (nSPS) is 15.2. The Morgan fingerprint density at radius 3 is 2.81 bits per heavy atom. The van der Waals surface area contributed by atoms with Gasteiger partial charge in [0.2, 0.25) is 5.56 Å². The standard InChI is InChI=1S/C15H17N3O2S/c1-10-8-14(19)17-13-3-2-11(9-12(10)13)16-15(20)18-4-6-21-7-5-18/h2-3,8-9H,4-7H2,1H3,(H,16,20)(H,17,19). The summed E-state index contributed by atoms with van der Waals surface area (Å²) in [5, 5.41) is 3.88. The van der Waals surface area contributed by atoms with E-state index >= 15 is 0 Å². The SMILES string of the molecule is Cc1cc(=O)[nH]c2ccc(NC(=O)N3CCSCC3)cc12. The van der Waals surface area contributed by atoms with Crippen molar-refractivity contribution < 1.29 is 4.79 Å². The van der Waals surface area contributed by atoms with E-state index in [1.54, 1.807) is 6.07 Å². The molecule has 0 radical (unpaired) electrons. The first kappa shape index (κ1) is 14.0. The van der Waals surface area contributed by atoms with E-state index < -0.39 is 0 Å². The van der Waals surface area contributed by atoms with Gasteiger partial charge >= 0.3 is 6.03 Å². The molecule has 1 aromatic heterocycles. The van der Waals surface area contributed by atoms with Crippen LogP contribution in [0.2, 0.25) is 0 Å². The Morgan fingerprint density at radius 1 is 1.29 bits per heavy atom. The molecule has 0 saturated carbocycles. The third kappa shape index (κ3) is 3.05. The summed E-state index contributed by atoms with van der Waals surface area (Å²) in [6.45, 7) is 3.47. The summed E-state index contributed by atoms with van der Waals surface area (Å²) < 4.78 is 0. The van der Waals surface area contributed by atoms with Crippen LogP contribution in [0.15, 0.2) is 29.1 Å². The van der Waals surface area contributed by atoms with Gasteiger partial charge in [0, 0.05) is 47.3 Å². The number of aryl methyl sites for hydroxylation is 1. The minimum atomic E-state index is -0.109. The first-order chi connectivity index (χ1) is 10.1. The number of aromatic nitrogens is 1. The van der Waals surface area contributed by atoms with Gasteiger partial charge in [-0.3, -0.25) is 4.79 Å². The molecule has 0 unspecified atom stereocenters. The number of fused-ring (bicyclic) bond motifs is 1. The summed E-state index contributed by atoms with van der Waals surface area (Å²) in [7, 11) is 0. The highest BCUT2D eigenvalue weighted by Gasteiger charge is 2.16. The lowest BCUT2D eigenvalue weighted by Gasteiger charge is -2.26. The highest BCUT2D eigenvalue weighted by molar-refractivity contribution is 7.99. The van der Waals surface area contributed by atoms with Gasteiger partial charge in [0.15, 0.2) is 0 Å². The molecule has 1 aliphatic rings. The number of aromatic amines is 1. The maximum atomic E-state index is 12.2. The monoisotopic (exact) mass is 303 g/mol. The molecule has 1 aromatic carbocycles. The summed E-state index contributed by atoms with van der Waals surface area (Å²) in [6, 6.07) is 7.05. The van der Waals surface area contributed by atoms with Crippen LogP contribution in [-0.4, -0.2) is 40.5 Å². The van der Waals surface area contributed by atoms with Gasteiger partial charge in [-0.15, -0.1) is 0 Å². The van der Waals surface area contributed by atoms with E-state index in [1.807, 2.05) is 41.8 Å². The van der Waals surface area contributed by atoms with Crippen molar-refractivity contribution in [3.05, 3.63) is 40.2 Å². The van der Waals surface area contributed by atoms with Crippen molar-refractivity contribution in [2.45, 2.75) is 6.92 Å². The minimum absolute atomic E-state index is 0.0586. The molecule has 2 heterocycles. The summed E-state index contributed by atoms with van der Waals surface area (Å²) in [5.74, 6) is 1.98. The van der Waals surface area contributed by atoms with Crippen molar-refractivity contribution in [2.75, 3.05) is 29.9 Å². The number of amides is 2. The van der Waals surface area contributed by atoms with Gasteiger partial charge in [0.25, 0.3) is 0 Å². The highest BCUT2D eigenvalue weighted by atomic mass is 32.2. The van der Waals surface area contributed by atoms with Crippen LogP contribution in [0.1, 0.15) is 5.56 Å². The third-order valence-electron chi connectivity index (χ3n) is 3.60. The quantitative estimate of drug-likeness (QED) is 0.850. The van der Waals surface area contributed by atoms with Crippen LogP contribution in [0, 0.1) is 6.92 Å². The van der Waals surface area contributed by atoms with Crippen LogP contribution >= 0.6 is 11.8 Å². The van der Waals surface area contributed by atoms with E-state index in [0.717, 1.165) is 46.7 Å². The van der Waals surface area contributed by atoms with Crippen molar-refractivity contribution in [2.24, 2.45) is 0 Å². The van der Waals surface area contributed by atoms with E-state index in [1.165, 1.54) is 0 Å². The van der Waals surface area contributed by atoms with Crippen LogP contribution in [0.3, 0.4) is 0 Å². The summed E-state index contributed by atoms with van der Waals surface area (Å²) in [6.07, 6.45) is 0. The van der Waals surface area contributed by atoms with Crippen molar-refractivity contribution in [3.8, 4) is 0 Å². The molecule has 0 spiro atoms. The fraction of sp³-hybridized carbons (Fsp3) is 0.333. The lowest BCUT2D eigenvalue weighted by Crippen LogP contribution is -2.40. The fourth-order valence-electron chi connectivity index (χ4n) is 2.47. The molecular weight excluding hydrogens is 286 g/mol. The predicted octanol–water partition coefficient (Wildman–Crippen LogP) is 2.42. The van der Waals surface area contributed by atoms with Gasteiger partial charge in [-0.25, -0.2) is 4.79 Å². The summed E-state index contributed by atoms with van der Waals surface area (Å²) in [5.41, 5.74) is 2.33. The van der Waals surface area contributed by atoms with E-state index in [2.05, 4.69) is 10.3 Å². The highest BCUT2D eigenvalue weighted by Crippen LogP contribution is 2.20. The molecule has 0 atom stereocenters. The second kappa shape index (κ2) is 5.81. The molecule has 3 rings (SSSR count). The number of carbonyl (C=O) groups is 1. The fourth-order valence-corrected chi connectivity index (χ4v) is 3.37. The Balaban J connectivity index is 1.84. The molecule has 5 nitrogen and oxygen atoms in total. The average molecular weight is 303 g/mol. The molecular formula is C15H17N3O2S.